The number of methoxy groups -OCH3 is 1. The maximum Gasteiger partial charge on any atom is 0.244 e. The lowest BCUT2D eigenvalue weighted by atomic mass is 10.2. The van der Waals surface area contributed by atoms with Gasteiger partial charge in [-0.2, -0.15) is 0 Å². The van der Waals surface area contributed by atoms with Crippen LogP contribution in [0, 0.1) is 0 Å². The largest absolute Gasteiger partial charge is 0.399 e. The third-order valence-electron chi connectivity index (χ3n) is 2.30. The molecule has 0 saturated heterocycles. The van der Waals surface area contributed by atoms with Gasteiger partial charge in [-0.05, 0) is 30.7 Å². The van der Waals surface area contributed by atoms with Crippen molar-refractivity contribution in [3.05, 3.63) is 35.9 Å². The van der Waals surface area contributed by atoms with Crippen LogP contribution in [0.15, 0.2) is 30.3 Å². The third-order valence-corrected chi connectivity index (χ3v) is 2.30. The van der Waals surface area contributed by atoms with Gasteiger partial charge in [0.25, 0.3) is 0 Å². The van der Waals surface area contributed by atoms with Crippen LogP contribution >= 0.6 is 0 Å². The van der Waals surface area contributed by atoms with Gasteiger partial charge >= 0.3 is 0 Å². The smallest absolute Gasteiger partial charge is 0.244 e. The van der Waals surface area contributed by atoms with Gasteiger partial charge in [0.2, 0.25) is 5.91 Å². The number of amides is 1. The van der Waals surface area contributed by atoms with Crippen molar-refractivity contribution >= 4 is 17.7 Å². The molecule has 0 bridgehead atoms. The number of nitrogens with two attached hydrogens (primary N) is 1. The second kappa shape index (κ2) is 6.70. The normalized spacial score (nSPS) is 12.6. The van der Waals surface area contributed by atoms with Crippen LogP contribution in [0.4, 0.5) is 5.69 Å². The minimum absolute atomic E-state index is 0.0136. The Labute approximate surface area is 101 Å². The number of nitrogen functional groups attached to an aromatic ring is 1. The molecular formula is C13H18N2O2. The topological polar surface area (TPSA) is 64.3 Å². The van der Waals surface area contributed by atoms with Gasteiger partial charge < -0.3 is 15.8 Å². The summed E-state index contributed by atoms with van der Waals surface area (Å²) >= 11 is 0. The number of ether oxygens (including phenoxy) is 1. The van der Waals surface area contributed by atoms with E-state index >= 15 is 0 Å². The Balaban J connectivity index is 2.45. The standard InChI is InChI=1S/C13H18N2O2/c1-10(17-2)9-15-13(16)7-6-11-4-3-5-12(14)8-11/h3-8,10H,9,14H2,1-2H3,(H,15,16)/b7-6+. The van der Waals surface area contributed by atoms with Crippen molar-refractivity contribution in [3.63, 3.8) is 0 Å². The lowest BCUT2D eigenvalue weighted by Gasteiger charge is -2.08. The van der Waals surface area contributed by atoms with Gasteiger partial charge in [0, 0.05) is 25.4 Å². The fourth-order valence-electron chi connectivity index (χ4n) is 1.22. The monoisotopic (exact) mass is 234 g/mol. The van der Waals surface area contributed by atoms with Gasteiger partial charge in [0.15, 0.2) is 0 Å². The average molecular weight is 234 g/mol. The van der Waals surface area contributed by atoms with Crippen molar-refractivity contribution in [2.75, 3.05) is 19.4 Å². The SMILES string of the molecule is COC(C)CNC(=O)/C=C/c1cccc(N)c1. The summed E-state index contributed by atoms with van der Waals surface area (Å²) in [5.74, 6) is -0.142. The Hall–Kier alpha value is -1.81. The Morgan fingerprint density at radius 3 is 3.00 bits per heavy atom. The molecule has 0 fully saturated rings. The van der Waals surface area contributed by atoms with Crippen LogP contribution in [0.1, 0.15) is 12.5 Å². The number of benzene rings is 1. The molecule has 1 rings (SSSR count). The van der Waals surface area contributed by atoms with E-state index in [0.29, 0.717) is 12.2 Å². The molecule has 0 heterocycles. The first-order valence-electron chi connectivity index (χ1n) is 5.46. The van der Waals surface area contributed by atoms with Crippen LogP contribution in [-0.4, -0.2) is 25.7 Å². The lowest BCUT2D eigenvalue weighted by molar-refractivity contribution is -0.116. The number of carbonyl (C=O) groups excluding carboxylic acids is 1. The average Bonchev–Trinajstić information content (AvgIpc) is 2.33. The zero-order valence-electron chi connectivity index (χ0n) is 10.1. The van der Waals surface area contributed by atoms with Crippen LogP contribution < -0.4 is 11.1 Å². The highest BCUT2D eigenvalue weighted by atomic mass is 16.5. The van der Waals surface area contributed by atoms with Gasteiger partial charge in [-0.1, -0.05) is 12.1 Å². The fourth-order valence-corrected chi connectivity index (χ4v) is 1.22. The molecule has 92 valence electrons. The summed E-state index contributed by atoms with van der Waals surface area (Å²) in [4.78, 5) is 11.4. The van der Waals surface area contributed by atoms with Crippen molar-refractivity contribution in [2.45, 2.75) is 13.0 Å². The zero-order chi connectivity index (χ0) is 12.7. The molecule has 1 atom stereocenters. The van der Waals surface area contributed by atoms with Crippen molar-refractivity contribution < 1.29 is 9.53 Å². The van der Waals surface area contributed by atoms with Crippen molar-refractivity contribution in [3.8, 4) is 0 Å². The van der Waals surface area contributed by atoms with Gasteiger partial charge in [-0.25, -0.2) is 0 Å². The highest BCUT2D eigenvalue weighted by molar-refractivity contribution is 5.91. The number of rotatable bonds is 5. The highest BCUT2D eigenvalue weighted by Crippen LogP contribution is 2.07. The van der Waals surface area contributed by atoms with Gasteiger partial charge in [0.1, 0.15) is 0 Å². The van der Waals surface area contributed by atoms with Crippen molar-refractivity contribution in [1.82, 2.24) is 5.32 Å². The van der Waals surface area contributed by atoms with E-state index in [2.05, 4.69) is 5.32 Å². The van der Waals surface area contributed by atoms with Crippen LogP contribution in [0.5, 0.6) is 0 Å². The summed E-state index contributed by atoms with van der Waals surface area (Å²) in [6.45, 7) is 2.39. The Bertz CT molecular complexity index is 402. The van der Waals surface area contributed by atoms with E-state index in [1.165, 1.54) is 6.08 Å². The van der Waals surface area contributed by atoms with Gasteiger partial charge in [-0.15, -0.1) is 0 Å². The lowest BCUT2D eigenvalue weighted by Crippen LogP contribution is -2.30. The Kier molecular flexibility index (Phi) is 5.23. The van der Waals surface area contributed by atoms with Crippen LogP contribution in [0.2, 0.25) is 0 Å². The molecule has 0 aliphatic carbocycles. The van der Waals surface area contributed by atoms with E-state index in [4.69, 9.17) is 10.5 Å². The summed E-state index contributed by atoms with van der Waals surface area (Å²) in [6, 6.07) is 7.34. The maximum atomic E-state index is 11.4. The molecule has 1 aromatic carbocycles. The molecule has 1 amide bonds. The number of hydrogen-bond donors (Lipinski definition) is 2. The fraction of sp³-hybridized carbons (Fsp3) is 0.308. The maximum absolute atomic E-state index is 11.4. The highest BCUT2D eigenvalue weighted by Gasteiger charge is 2.00. The Morgan fingerprint density at radius 2 is 2.35 bits per heavy atom. The molecule has 3 N–H and O–H groups in total. The second-order valence-corrected chi connectivity index (χ2v) is 3.79. The third kappa shape index (κ3) is 5.17. The van der Waals surface area contributed by atoms with E-state index < -0.39 is 0 Å². The predicted molar refractivity (Wildman–Crippen MR) is 69.4 cm³/mol. The summed E-state index contributed by atoms with van der Waals surface area (Å²) < 4.78 is 5.02. The minimum Gasteiger partial charge on any atom is -0.399 e. The minimum atomic E-state index is -0.142. The van der Waals surface area contributed by atoms with Crippen LogP contribution in [0.25, 0.3) is 6.08 Å². The first-order chi connectivity index (χ1) is 8.11. The molecule has 0 saturated carbocycles. The molecule has 0 radical (unpaired) electrons. The van der Waals surface area contributed by atoms with Crippen molar-refractivity contribution in [1.29, 1.82) is 0 Å². The zero-order valence-corrected chi connectivity index (χ0v) is 10.1. The number of anilines is 1. The van der Waals surface area contributed by atoms with E-state index in [0.717, 1.165) is 5.56 Å². The second-order valence-electron chi connectivity index (χ2n) is 3.79. The van der Waals surface area contributed by atoms with Crippen LogP contribution in [-0.2, 0) is 9.53 Å². The summed E-state index contributed by atoms with van der Waals surface area (Å²) in [7, 11) is 1.61. The summed E-state index contributed by atoms with van der Waals surface area (Å²) in [5, 5.41) is 2.74. The number of hydrogen-bond acceptors (Lipinski definition) is 3. The number of nitrogens with one attached hydrogen (secondary N) is 1. The van der Waals surface area contributed by atoms with Gasteiger partial charge in [-0.3, -0.25) is 4.79 Å². The Morgan fingerprint density at radius 1 is 1.59 bits per heavy atom. The number of carbonyl (C=O) groups is 1. The molecule has 0 spiro atoms. The molecule has 4 heteroatoms. The molecule has 1 unspecified atom stereocenters. The molecule has 0 aliphatic rings. The first kappa shape index (κ1) is 13.3. The molecule has 1 aromatic rings. The molecule has 0 aromatic heterocycles. The van der Waals surface area contributed by atoms with E-state index in [1.54, 1.807) is 19.3 Å². The first-order valence-corrected chi connectivity index (χ1v) is 5.46. The quantitative estimate of drug-likeness (QED) is 0.598. The molecular weight excluding hydrogens is 216 g/mol. The van der Waals surface area contributed by atoms with E-state index in [1.807, 2.05) is 25.1 Å². The van der Waals surface area contributed by atoms with Crippen LogP contribution in [0.3, 0.4) is 0 Å². The molecule has 0 aliphatic heterocycles. The predicted octanol–water partition coefficient (Wildman–Crippen LogP) is 1.43. The van der Waals surface area contributed by atoms with E-state index in [-0.39, 0.29) is 12.0 Å². The van der Waals surface area contributed by atoms with Gasteiger partial charge in [0.05, 0.1) is 6.10 Å². The molecule has 4 nitrogen and oxygen atoms in total. The van der Waals surface area contributed by atoms with E-state index in [9.17, 15) is 4.79 Å². The molecule has 17 heavy (non-hydrogen) atoms. The van der Waals surface area contributed by atoms with Crippen molar-refractivity contribution in [2.24, 2.45) is 0 Å². The summed E-state index contributed by atoms with van der Waals surface area (Å²) in [5.41, 5.74) is 7.21. The summed E-state index contributed by atoms with van der Waals surface area (Å²) in [6.07, 6.45) is 3.22.